The van der Waals surface area contributed by atoms with E-state index in [-0.39, 0.29) is 22.5 Å². The molecule has 304 valence electrons. The molecule has 3 aromatic rings. The van der Waals surface area contributed by atoms with Gasteiger partial charge >= 0.3 is 45.8 Å². The summed E-state index contributed by atoms with van der Waals surface area (Å²) in [5.74, 6) is -4.25. The summed E-state index contributed by atoms with van der Waals surface area (Å²) < 4.78 is 76.1. The van der Waals surface area contributed by atoms with Crippen molar-refractivity contribution in [3.63, 3.8) is 0 Å². The maximum atomic E-state index is 13.0. The number of carbonyl (C=O) groups excluding carboxylic acids is 5. The Morgan fingerprint density at radius 1 is 0.821 bits per heavy atom. The molecule has 10 atom stereocenters. The van der Waals surface area contributed by atoms with Crippen LogP contribution < -0.4 is 16.0 Å². The van der Waals surface area contributed by atoms with Crippen molar-refractivity contribution in [2.75, 3.05) is 18.9 Å². The van der Waals surface area contributed by atoms with E-state index in [0.717, 1.165) is 34.0 Å². The van der Waals surface area contributed by atoms with Gasteiger partial charge in [0.05, 0.1) is 19.5 Å². The smallest absolute Gasteiger partial charge is 0.456 e. The highest BCUT2D eigenvalue weighted by molar-refractivity contribution is 7.61. The molecule has 0 aromatic carbocycles. The number of primary amides is 1. The number of hydrogen-bond acceptors (Lipinski definition) is 20. The largest absolute Gasteiger partial charge is 0.481 e. The monoisotopic (exact) mass is 832 g/mol. The summed E-state index contributed by atoms with van der Waals surface area (Å²) in [7, 11) is -11.1. The summed E-state index contributed by atoms with van der Waals surface area (Å²) in [6.07, 6.45) is -6.46. The third-order valence-corrected chi connectivity index (χ3v) is 10.5. The molecule has 0 radical (unpaired) electrons. The Bertz CT molecular complexity index is 2100. The number of nitrogen functional groups attached to an aromatic ring is 1. The Balaban J connectivity index is 1.31. The number of hydrogen-bond donors (Lipinski definition) is 4. The molecule has 6 N–H and O–H groups in total. The van der Waals surface area contributed by atoms with E-state index < -0.39 is 108 Å². The van der Waals surface area contributed by atoms with Gasteiger partial charge in [-0.3, -0.25) is 37.6 Å². The highest BCUT2D eigenvalue weighted by Gasteiger charge is 2.56. The number of esters is 4. The quantitative estimate of drug-likeness (QED) is 0.0634. The highest BCUT2D eigenvalue weighted by Crippen LogP contribution is 2.61. The van der Waals surface area contributed by atoms with Gasteiger partial charge in [0.2, 0.25) is 6.10 Å². The van der Waals surface area contributed by atoms with Crippen molar-refractivity contribution < 1.29 is 89.2 Å². The van der Waals surface area contributed by atoms with Crippen molar-refractivity contribution in [1.29, 1.82) is 0 Å². The molecule has 25 nitrogen and oxygen atoms in total. The zero-order valence-electron chi connectivity index (χ0n) is 29.7. The van der Waals surface area contributed by atoms with Crippen LogP contribution in [0.3, 0.4) is 0 Å². The van der Waals surface area contributed by atoms with Crippen molar-refractivity contribution in [1.82, 2.24) is 19.5 Å². The first-order valence-corrected chi connectivity index (χ1v) is 19.1. The predicted molar refractivity (Wildman–Crippen MR) is 178 cm³/mol. The summed E-state index contributed by atoms with van der Waals surface area (Å²) in [5, 5.41) is 0. The van der Waals surface area contributed by atoms with Gasteiger partial charge in [0, 0.05) is 33.8 Å². The zero-order valence-corrected chi connectivity index (χ0v) is 31.5. The van der Waals surface area contributed by atoms with E-state index in [1.807, 2.05) is 0 Å². The number of phosphoric acid groups is 2. The van der Waals surface area contributed by atoms with Crippen LogP contribution in [0.4, 0.5) is 5.82 Å². The summed E-state index contributed by atoms with van der Waals surface area (Å²) in [4.78, 5) is 93.0. The minimum absolute atomic E-state index is 0.000482. The van der Waals surface area contributed by atoms with Gasteiger partial charge in [-0.05, 0) is 6.07 Å². The van der Waals surface area contributed by atoms with Crippen LogP contribution in [-0.2, 0) is 70.1 Å². The topological polar surface area (TPSA) is 343 Å². The molecule has 3 aromatic heterocycles. The van der Waals surface area contributed by atoms with Crippen LogP contribution in [0, 0.1) is 0 Å². The van der Waals surface area contributed by atoms with Crippen molar-refractivity contribution in [3.8, 4) is 0 Å². The van der Waals surface area contributed by atoms with Crippen molar-refractivity contribution in [3.05, 3.63) is 42.7 Å². The van der Waals surface area contributed by atoms with Crippen LogP contribution in [0.15, 0.2) is 37.2 Å². The summed E-state index contributed by atoms with van der Waals surface area (Å²) in [6, 6.07) is 2.80. The fourth-order valence-electron chi connectivity index (χ4n) is 5.82. The Morgan fingerprint density at radius 3 is 1.93 bits per heavy atom. The molecule has 27 heteroatoms. The number of fused-ring (bicyclic) bond motifs is 1. The summed E-state index contributed by atoms with van der Waals surface area (Å²) in [5.41, 5.74) is 11.5. The lowest BCUT2D eigenvalue weighted by atomic mass is 10.1. The molecule has 56 heavy (non-hydrogen) atoms. The number of carbonyl (C=O) groups is 5. The average molecular weight is 833 g/mol. The standard InChI is InChI=1S/C29H35N7O18P2/c1-13(37)48-21-18(52-28(23(21)50-15(3)39)35-7-5-6-17(8-35)26(31)41)9-46-55(42,43)54-56(44,45)47-10-19-22(49-14(2)38)24(51-16(4)40)29(53-19)36-12-34-20-25(30)32-11-33-27(20)36/h5-8,11-12,18-19,21-24,28-29H,9-10H2,1-4H3,(H5-,30,31,32,33,41,42,43,44,45)/p+1/t18-,19-,21?,22?,23+,24+,28-,29-/m1/s1. The van der Waals surface area contributed by atoms with Crippen molar-refractivity contribution in [2.24, 2.45) is 5.73 Å². The van der Waals surface area contributed by atoms with Crippen LogP contribution >= 0.6 is 15.6 Å². The molecule has 2 aliphatic heterocycles. The van der Waals surface area contributed by atoms with Gasteiger partial charge in [0.1, 0.15) is 29.6 Å². The number of nitrogens with two attached hydrogens (primary N) is 2. The molecule has 2 saturated heterocycles. The fraction of sp³-hybridized carbons (Fsp3) is 0.483. The second kappa shape index (κ2) is 17.0. The molecular weight excluding hydrogens is 796 g/mol. The molecule has 1 amide bonds. The predicted octanol–water partition coefficient (Wildman–Crippen LogP) is -0.733. The first-order valence-electron chi connectivity index (χ1n) is 16.1. The van der Waals surface area contributed by atoms with E-state index in [4.69, 9.17) is 48.9 Å². The molecule has 0 aliphatic carbocycles. The minimum atomic E-state index is -5.57. The second-order valence-electron chi connectivity index (χ2n) is 12.0. The Morgan fingerprint density at radius 2 is 1.36 bits per heavy atom. The van der Waals surface area contributed by atoms with Crippen LogP contribution in [0.25, 0.3) is 11.2 Å². The summed E-state index contributed by atoms with van der Waals surface area (Å²) in [6.45, 7) is 2.22. The van der Waals surface area contributed by atoms with Gasteiger partial charge in [0.15, 0.2) is 48.4 Å². The molecule has 2 aliphatic rings. The van der Waals surface area contributed by atoms with Gasteiger partial charge in [0.25, 0.3) is 5.91 Å². The number of aromatic nitrogens is 5. The van der Waals surface area contributed by atoms with E-state index in [9.17, 15) is 42.9 Å². The molecule has 2 fully saturated rings. The maximum Gasteiger partial charge on any atom is 0.481 e. The number of rotatable bonds is 15. The Labute approximate surface area is 315 Å². The molecule has 0 bridgehead atoms. The molecule has 5 heterocycles. The number of imidazole rings is 1. The van der Waals surface area contributed by atoms with Crippen molar-refractivity contribution >= 4 is 62.4 Å². The van der Waals surface area contributed by atoms with Crippen LogP contribution in [-0.4, -0.2) is 109 Å². The lowest BCUT2D eigenvalue weighted by Gasteiger charge is -2.24. The van der Waals surface area contributed by atoms with Gasteiger partial charge < -0.3 is 49.7 Å². The fourth-order valence-corrected chi connectivity index (χ4v) is 7.91. The number of amides is 1. The highest BCUT2D eigenvalue weighted by atomic mass is 31.3. The first-order chi connectivity index (χ1) is 26.2. The van der Waals surface area contributed by atoms with Crippen LogP contribution in [0.5, 0.6) is 0 Å². The normalized spacial score (nSPS) is 26.8. The number of phosphoric ester groups is 2. The summed E-state index contributed by atoms with van der Waals surface area (Å²) >= 11 is 0. The SMILES string of the molecule is CC(=O)OC1[C@@H](COP(=O)(O)OP(=O)(O)OC[C@H]2O[C@@H]([n+]3cccc(C(N)=O)c3)[C@@H](OC(C)=O)C2OC(C)=O)O[C@@H](n2cnc3c(N)ncnc32)[C@H]1OC(C)=O. The number of anilines is 1. The maximum absolute atomic E-state index is 13.0. The van der Waals surface area contributed by atoms with Gasteiger partial charge in [-0.2, -0.15) is 8.88 Å². The molecule has 4 unspecified atom stereocenters. The molecular formula is C29H36N7O18P2+. The third-order valence-electron chi connectivity index (χ3n) is 7.85. The zero-order chi connectivity index (χ0) is 41.1. The lowest BCUT2D eigenvalue weighted by Crippen LogP contribution is -2.48. The number of ether oxygens (including phenoxy) is 6. The van der Waals surface area contributed by atoms with Gasteiger partial charge in [-0.1, -0.05) is 0 Å². The lowest BCUT2D eigenvalue weighted by molar-refractivity contribution is -0.765. The van der Waals surface area contributed by atoms with Crippen LogP contribution in [0.2, 0.25) is 0 Å². The van der Waals surface area contributed by atoms with Gasteiger partial charge in [-0.25, -0.2) is 24.1 Å². The molecule has 0 spiro atoms. The van der Waals surface area contributed by atoms with E-state index in [1.54, 1.807) is 0 Å². The Hall–Kier alpha value is -4.97. The van der Waals surface area contributed by atoms with E-state index in [0.29, 0.717) is 0 Å². The van der Waals surface area contributed by atoms with E-state index in [1.165, 1.54) is 40.0 Å². The van der Waals surface area contributed by atoms with Crippen LogP contribution in [0.1, 0.15) is 50.5 Å². The number of nitrogens with zero attached hydrogens (tertiary/aromatic N) is 5. The number of pyridine rings is 1. The molecule has 5 rings (SSSR count). The van der Waals surface area contributed by atoms with E-state index in [2.05, 4.69) is 19.3 Å². The van der Waals surface area contributed by atoms with E-state index >= 15 is 0 Å². The van der Waals surface area contributed by atoms with Crippen molar-refractivity contribution in [2.45, 2.75) is 76.8 Å². The van der Waals surface area contributed by atoms with Gasteiger partial charge in [-0.15, -0.1) is 0 Å². The second-order valence-corrected chi connectivity index (χ2v) is 15.1. The minimum Gasteiger partial charge on any atom is -0.456 e. The third kappa shape index (κ3) is 10.1. The average Bonchev–Trinajstić information content (AvgIpc) is 3.76. The Kier molecular flexibility index (Phi) is 12.8. The molecule has 0 saturated carbocycles. The first kappa shape index (κ1) is 42.2.